The number of nitrogens with zero attached hydrogens (tertiary/aromatic N) is 1. The Kier molecular flexibility index (Phi) is 8.18. The largest absolute Gasteiger partial charge is 0.310 e. The van der Waals surface area contributed by atoms with Crippen LogP contribution in [0.1, 0.15) is 44.5 Å². The van der Waals surface area contributed by atoms with Crippen LogP contribution in [0.5, 0.6) is 0 Å². The van der Waals surface area contributed by atoms with Crippen molar-refractivity contribution in [3.63, 3.8) is 0 Å². The molecule has 0 radical (unpaired) electrons. The predicted molar refractivity (Wildman–Crippen MR) is 278 cm³/mol. The molecule has 0 N–H and O–H groups in total. The quantitative estimate of drug-likeness (QED) is 0.161. The van der Waals surface area contributed by atoms with Gasteiger partial charge in [-0.15, -0.1) is 0 Å². The summed E-state index contributed by atoms with van der Waals surface area (Å²) in [6.45, 7) is 0. The highest BCUT2D eigenvalue weighted by Gasteiger charge is 2.52. The monoisotopic (exact) mass is 849 g/mol. The third-order valence-electron chi connectivity index (χ3n) is 15.1. The lowest BCUT2D eigenvalue weighted by atomic mass is 9.66. The first-order valence-electron chi connectivity index (χ1n) is 23.4. The maximum absolute atomic E-state index is 2.54. The molecule has 0 unspecified atom stereocenters. The average Bonchev–Trinajstić information content (AvgIpc) is 4.00. The fourth-order valence-electron chi connectivity index (χ4n) is 12.7. The van der Waals surface area contributed by atoms with Crippen LogP contribution in [0.3, 0.4) is 0 Å². The van der Waals surface area contributed by atoms with E-state index in [9.17, 15) is 0 Å². The standard InChI is InChI=1S/C66H43N/c1-5-22-44(23-6-1)55-43-56-63-60(65(45-24-7-2-8-25-45,46-26-9-3-10-27-46)64(56)54-34-14-13-30-49(54)55)38-21-39-62(63)67(47-28-11-4-12-29-47)48-40-41-53-52-33-17-20-37-59(52)66(61(53)42-48)57-35-18-15-31-50(57)51-32-16-19-36-58(51)66/h1-43H. The Bertz CT molecular complexity index is 3640. The predicted octanol–water partition coefficient (Wildman–Crippen LogP) is 16.7. The van der Waals surface area contributed by atoms with Crippen molar-refractivity contribution >= 4 is 27.8 Å². The second kappa shape index (κ2) is 14.5. The van der Waals surface area contributed by atoms with Gasteiger partial charge in [-0.05, 0) is 131 Å². The molecule has 0 bridgehead atoms. The summed E-state index contributed by atoms with van der Waals surface area (Å²) in [4.78, 5) is 2.54. The number of para-hydroxylation sites is 1. The van der Waals surface area contributed by atoms with Gasteiger partial charge in [0.15, 0.2) is 0 Å². The number of benzene rings is 11. The van der Waals surface area contributed by atoms with Crippen molar-refractivity contribution < 1.29 is 0 Å². The highest BCUT2D eigenvalue weighted by atomic mass is 15.1. The maximum atomic E-state index is 2.54. The summed E-state index contributed by atoms with van der Waals surface area (Å²) < 4.78 is 0. The van der Waals surface area contributed by atoms with E-state index in [1.54, 1.807) is 0 Å². The summed E-state index contributed by atoms with van der Waals surface area (Å²) in [5.74, 6) is 0. The van der Waals surface area contributed by atoms with Crippen LogP contribution in [0.2, 0.25) is 0 Å². The third kappa shape index (κ3) is 5.09. The summed E-state index contributed by atoms with van der Waals surface area (Å²) in [5, 5.41) is 2.51. The summed E-state index contributed by atoms with van der Waals surface area (Å²) in [5.41, 5.74) is 22.8. The van der Waals surface area contributed by atoms with E-state index in [-0.39, 0.29) is 0 Å². The second-order valence-corrected chi connectivity index (χ2v) is 18.2. The zero-order chi connectivity index (χ0) is 44.1. The lowest BCUT2D eigenvalue weighted by Crippen LogP contribution is -2.29. The van der Waals surface area contributed by atoms with Crippen molar-refractivity contribution in [1.29, 1.82) is 0 Å². The molecular weight excluding hydrogens is 807 g/mol. The zero-order valence-corrected chi connectivity index (χ0v) is 36.8. The van der Waals surface area contributed by atoms with Gasteiger partial charge in [0.25, 0.3) is 0 Å². The molecule has 3 aliphatic carbocycles. The molecule has 0 aliphatic heterocycles. The van der Waals surface area contributed by atoms with Crippen molar-refractivity contribution in [1.82, 2.24) is 0 Å². The van der Waals surface area contributed by atoms with Gasteiger partial charge in [0.2, 0.25) is 0 Å². The number of rotatable bonds is 6. The molecule has 0 aromatic heterocycles. The van der Waals surface area contributed by atoms with Crippen LogP contribution in [-0.2, 0) is 10.8 Å². The molecule has 1 nitrogen and oxygen atoms in total. The molecule has 0 heterocycles. The van der Waals surface area contributed by atoms with Crippen LogP contribution in [0.4, 0.5) is 17.1 Å². The molecule has 1 heteroatoms. The molecule has 11 aromatic rings. The lowest BCUT2D eigenvalue weighted by molar-refractivity contribution is 0.775. The Labute approximate surface area is 391 Å². The molecule has 0 amide bonds. The Morgan fingerprint density at radius 1 is 0.269 bits per heavy atom. The third-order valence-corrected chi connectivity index (χ3v) is 15.1. The van der Waals surface area contributed by atoms with E-state index in [1.807, 2.05) is 0 Å². The number of hydrogen-bond donors (Lipinski definition) is 0. The smallest absolute Gasteiger partial charge is 0.0726 e. The Morgan fingerprint density at radius 3 is 1.34 bits per heavy atom. The van der Waals surface area contributed by atoms with Crippen LogP contribution in [-0.4, -0.2) is 0 Å². The molecular formula is C66H43N. The number of hydrogen-bond acceptors (Lipinski definition) is 1. The van der Waals surface area contributed by atoms with Crippen LogP contribution in [0.25, 0.3) is 55.3 Å². The van der Waals surface area contributed by atoms with Crippen LogP contribution < -0.4 is 4.90 Å². The maximum Gasteiger partial charge on any atom is 0.0726 e. The molecule has 312 valence electrons. The molecule has 0 saturated carbocycles. The summed E-state index contributed by atoms with van der Waals surface area (Å²) in [6, 6.07) is 97.6. The van der Waals surface area contributed by atoms with Crippen molar-refractivity contribution in [2.75, 3.05) is 4.90 Å². The molecule has 67 heavy (non-hydrogen) atoms. The SMILES string of the molecule is c1ccc(-c2cc3c(c4ccccc24)C(c2ccccc2)(c2ccccc2)c2cccc(N(c4ccccc4)c4ccc5c(c4)C4(c6ccccc6-c6ccccc64)c4ccccc4-5)c2-3)cc1. The molecule has 1 spiro atoms. The zero-order valence-electron chi connectivity index (χ0n) is 36.8. The van der Waals surface area contributed by atoms with E-state index in [4.69, 9.17) is 0 Å². The molecule has 0 fully saturated rings. The first-order chi connectivity index (χ1) is 33.3. The average molecular weight is 850 g/mol. The van der Waals surface area contributed by atoms with Gasteiger partial charge in [-0.2, -0.15) is 0 Å². The molecule has 11 aromatic carbocycles. The van der Waals surface area contributed by atoms with E-state index in [2.05, 4.69) is 266 Å². The molecule has 0 saturated heterocycles. The van der Waals surface area contributed by atoms with Gasteiger partial charge < -0.3 is 4.90 Å². The van der Waals surface area contributed by atoms with Gasteiger partial charge in [-0.25, -0.2) is 0 Å². The van der Waals surface area contributed by atoms with Crippen molar-refractivity contribution in [3.05, 3.63) is 305 Å². The van der Waals surface area contributed by atoms with Crippen molar-refractivity contribution in [2.45, 2.75) is 10.8 Å². The van der Waals surface area contributed by atoms with Gasteiger partial charge in [-0.3, -0.25) is 0 Å². The first-order valence-corrected chi connectivity index (χ1v) is 23.4. The molecule has 3 aliphatic rings. The van der Waals surface area contributed by atoms with Gasteiger partial charge in [0.05, 0.1) is 16.5 Å². The summed E-state index contributed by atoms with van der Waals surface area (Å²) in [6.07, 6.45) is 0. The number of anilines is 3. The van der Waals surface area contributed by atoms with E-state index < -0.39 is 10.8 Å². The Morgan fingerprint density at radius 2 is 0.746 bits per heavy atom. The first kappa shape index (κ1) is 37.8. The van der Waals surface area contributed by atoms with E-state index in [0.717, 1.165) is 17.1 Å². The van der Waals surface area contributed by atoms with Crippen LogP contribution in [0.15, 0.2) is 261 Å². The normalized spacial score (nSPS) is 13.9. The van der Waals surface area contributed by atoms with Crippen molar-refractivity contribution in [3.8, 4) is 44.5 Å². The van der Waals surface area contributed by atoms with E-state index >= 15 is 0 Å². The minimum atomic E-state index is -0.624. The topological polar surface area (TPSA) is 3.24 Å². The van der Waals surface area contributed by atoms with E-state index in [1.165, 1.54) is 99.8 Å². The minimum Gasteiger partial charge on any atom is -0.310 e. The highest BCUT2D eigenvalue weighted by molar-refractivity contribution is 6.10. The van der Waals surface area contributed by atoms with Gasteiger partial charge in [0.1, 0.15) is 0 Å². The summed E-state index contributed by atoms with van der Waals surface area (Å²) >= 11 is 0. The van der Waals surface area contributed by atoms with Crippen LogP contribution >= 0.6 is 0 Å². The Balaban J connectivity index is 1.11. The summed E-state index contributed by atoms with van der Waals surface area (Å²) in [7, 11) is 0. The molecule has 14 rings (SSSR count). The lowest BCUT2D eigenvalue weighted by Gasteiger charge is -2.35. The Hall–Kier alpha value is -8.52. The fraction of sp³-hybridized carbons (Fsp3) is 0.0303. The fourth-order valence-corrected chi connectivity index (χ4v) is 12.7. The van der Waals surface area contributed by atoms with Crippen molar-refractivity contribution in [2.24, 2.45) is 0 Å². The second-order valence-electron chi connectivity index (χ2n) is 18.2. The number of fused-ring (bicyclic) bond motifs is 15. The van der Waals surface area contributed by atoms with Crippen LogP contribution in [0, 0.1) is 0 Å². The highest BCUT2D eigenvalue weighted by Crippen LogP contribution is 2.65. The minimum absolute atomic E-state index is 0.470. The van der Waals surface area contributed by atoms with Gasteiger partial charge in [-0.1, -0.05) is 224 Å². The van der Waals surface area contributed by atoms with E-state index in [0.29, 0.717) is 0 Å². The molecule has 0 atom stereocenters. The van der Waals surface area contributed by atoms with Gasteiger partial charge >= 0.3 is 0 Å². The van der Waals surface area contributed by atoms with Gasteiger partial charge in [0, 0.05) is 16.9 Å².